The molecule has 3 rings (SSSR count). The number of hydrogen-bond donors (Lipinski definition) is 2. The van der Waals surface area contributed by atoms with E-state index in [1.54, 1.807) is 0 Å². The lowest BCUT2D eigenvalue weighted by molar-refractivity contribution is -0.148. The third-order valence-corrected chi connectivity index (χ3v) is 6.25. The zero-order valence-electron chi connectivity index (χ0n) is 15.5. The van der Waals surface area contributed by atoms with Crippen LogP contribution in [0.2, 0.25) is 0 Å². The minimum Gasteiger partial charge on any atom is -0.346 e. The Kier molecular flexibility index (Phi) is 6.09. The largest absolute Gasteiger partial charge is 0.346 e. The first-order valence-electron chi connectivity index (χ1n) is 10.2. The quantitative estimate of drug-likeness (QED) is 0.750. The van der Waals surface area contributed by atoms with Crippen LogP contribution in [0.25, 0.3) is 0 Å². The molecule has 1 saturated carbocycles. The van der Waals surface area contributed by atoms with E-state index in [2.05, 4.69) is 10.6 Å². The van der Waals surface area contributed by atoms with Crippen LogP contribution >= 0.6 is 0 Å². The molecule has 0 bridgehead atoms. The van der Waals surface area contributed by atoms with E-state index in [-0.39, 0.29) is 23.4 Å². The molecular formula is C20H30N2O4. The lowest BCUT2D eigenvalue weighted by Gasteiger charge is -2.39. The van der Waals surface area contributed by atoms with Crippen molar-refractivity contribution in [2.75, 3.05) is 0 Å². The number of ketones is 2. The monoisotopic (exact) mass is 362 g/mol. The first-order chi connectivity index (χ1) is 12.5. The van der Waals surface area contributed by atoms with Gasteiger partial charge in [-0.1, -0.05) is 32.1 Å². The zero-order chi connectivity index (χ0) is 18.6. The van der Waals surface area contributed by atoms with Gasteiger partial charge in [0.25, 0.3) is 0 Å². The van der Waals surface area contributed by atoms with Crippen molar-refractivity contribution in [2.45, 2.75) is 95.6 Å². The molecule has 2 amide bonds. The summed E-state index contributed by atoms with van der Waals surface area (Å²) < 4.78 is 0. The van der Waals surface area contributed by atoms with Gasteiger partial charge in [-0.25, -0.2) is 0 Å². The van der Waals surface area contributed by atoms with Crippen molar-refractivity contribution in [3.63, 3.8) is 0 Å². The van der Waals surface area contributed by atoms with Crippen LogP contribution in [0.15, 0.2) is 0 Å². The topological polar surface area (TPSA) is 92.3 Å². The number of nitrogens with one attached hydrogen (secondary N) is 2. The van der Waals surface area contributed by atoms with Gasteiger partial charge in [0.05, 0.1) is 17.5 Å². The van der Waals surface area contributed by atoms with Gasteiger partial charge in [0.2, 0.25) is 11.8 Å². The highest BCUT2D eigenvalue weighted by molar-refractivity contribution is 6.12. The van der Waals surface area contributed by atoms with Crippen molar-refractivity contribution in [3.05, 3.63) is 0 Å². The van der Waals surface area contributed by atoms with Crippen LogP contribution < -0.4 is 10.6 Å². The fourth-order valence-corrected chi connectivity index (χ4v) is 4.78. The molecule has 0 aromatic carbocycles. The normalized spacial score (nSPS) is 29.7. The summed E-state index contributed by atoms with van der Waals surface area (Å²) in [5.74, 6) is -0.420. The Morgan fingerprint density at radius 1 is 0.692 bits per heavy atom. The van der Waals surface area contributed by atoms with E-state index in [1.165, 1.54) is 0 Å². The SMILES string of the molecule is O=C1CCCCC(C(=O)C2(C(=O)C3CCCCC(=O)N3)CCCCC2)N1. The highest BCUT2D eigenvalue weighted by Crippen LogP contribution is 2.41. The highest BCUT2D eigenvalue weighted by Gasteiger charge is 2.51. The van der Waals surface area contributed by atoms with Crippen molar-refractivity contribution >= 4 is 23.4 Å². The average Bonchev–Trinajstić information content (AvgIpc) is 3.00. The number of amides is 2. The molecule has 0 aromatic rings. The Balaban J connectivity index is 1.85. The molecule has 0 radical (unpaired) electrons. The second kappa shape index (κ2) is 8.31. The number of Topliss-reactive ketones (excluding diaryl/α,β-unsaturated/α-hetero) is 2. The van der Waals surface area contributed by atoms with Crippen molar-refractivity contribution in [3.8, 4) is 0 Å². The van der Waals surface area contributed by atoms with Crippen molar-refractivity contribution < 1.29 is 19.2 Å². The van der Waals surface area contributed by atoms with Crippen molar-refractivity contribution in [2.24, 2.45) is 5.41 Å². The molecule has 0 aromatic heterocycles. The number of carbonyl (C=O) groups excluding carboxylic acids is 4. The predicted octanol–water partition coefficient (Wildman–Crippen LogP) is 2.19. The molecule has 3 fully saturated rings. The van der Waals surface area contributed by atoms with E-state index in [9.17, 15) is 19.2 Å². The molecular weight excluding hydrogens is 332 g/mol. The fraction of sp³-hybridized carbons (Fsp3) is 0.800. The second-order valence-electron chi connectivity index (χ2n) is 8.10. The van der Waals surface area contributed by atoms with Crippen LogP contribution in [0, 0.1) is 5.41 Å². The van der Waals surface area contributed by atoms with Crippen LogP contribution in [0.4, 0.5) is 0 Å². The summed E-state index contributed by atoms with van der Waals surface area (Å²) in [6.07, 6.45) is 9.13. The molecule has 6 nitrogen and oxygen atoms in total. The van der Waals surface area contributed by atoms with Crippen LogP contribution in [0.5, 0.6) is 0 Å². The maximum Gasteiger partial charge on any atom is 0.220 e. The summed E-state index contributed by atoms with van der Waals surface area (Å²) in [6, 6.07) is -1.12. The lowest BCUT2D eigenvalue weighted by Crippen LogP contribution is -2.56. The molecule has 3 aliphatic rings. The van der Waals surface area contributed by atoms with E-state index < -0.39 is 17.5 Å². The minimum absolute atomic E-state index is 0.0953. The Bertz CT molecular complexity index is 536. The van der Waals surface area contributed by atoms with E-state index in [4.69, 9.17) is 0 Å². The van der Waals surface area contributed by atoms with Gasteiger partial charge in [-0.15, -0.1) is 0 Å². The highest BCUT2D eigenvalue weighted by atomic mass is 16.2. The number of carbonyl (C=O) groups is 4. The smallest absolute Gasteiger partial charge is 0.220 e. The lowest BCUT2D eigenvalue weighted by atomic mass is 9.64. The molecule has 2 N–H and O–H groups in total. The molecule has 2 unspecified atom stereocenters. The van der Waals surface area contributed by atoms with Crippen LogP contribution in [0.3, 0.4) is 0 Å². The van der Waals surface area contributed by atoms with E-state index in [0.717, 1.165) is 44.9 Å². The predicted molar refractivity (Wildman–Crippen MR) is 96.3 cm³/mol. The zero-order valence-corrected chi connectivity index (χ0v) is 15.5. The second-order valence-corrected chi connectivity index (χ2v) is 8.10. The van der Waals surface area contributed by atoms with Gasteiger partial charge in [0, 0.05) is 12.8 Å². The summed E-state index contributed by atoms with van der Waals surface area (Å²) in [4.78, 5) is 50.8. The van der Waals surface area contributed by atoms with Gasteiger partial charge in [-0.2, -0.15) is 0 Å². The van der Waals surface area contributed by atoms with Crippen molar-refractivity contribution in [1.82, 2.24) is 10.6 Å². The standard InChI is InChI=1S/C20H30N2O4/c23-16-10-4-2-8-14(21-16)18(25)20(12-6-1-7-13-20)19(26)15-9-3-5-11-17(24)22-15/h14-15H,1-13H2,(H,21,23)(H,22,24). The molecule has 2 saturated heterocycles. The first kappa shape index (κ1) is 19.1. The molecule has 2 heterocycles. The Hall–Kier alpha value is -1.72. The van der Waals surface area contributed by atoms with Gasteiger partial charge in [-0.05, 0) is 38.5 Å². The fourth-order valence-electron chi connectivity index (χ4n) is 4.78. The van der Waals surface area contributed by atoms with E-state index in [1.807, 2.05) is 0 Å². The number of hydrogen-bond acceptors (Lipinski definition) is 4. The molecule has 0 spiro atoms. The molecule has 2 aliphatic heterocycles. The minimum atomic E-state index is -1.04. The van der Waals surface area contributed by atoms with Crippen molar-refractivity contribution in [1.29, 1.82) is 0 Å². The van der Waals surface area contributed by atoms with E-state index >= 15 is 0 Å². The van der Waals surface area contributed by atoms with Gasteiger partial charge < -0.3 is 10.6 Å². The van der Waals surface area contributed by atoms with Gasteiger partial charge in [0.1, 0.15) is 0 Å². The average molecular weight is 362 g/mol. The summed E-state index contributed by atoms with van der Waals surface area (Å²) in [5, 5.41) is 5.70. The maximum absolute atomic E-state index is 13.5. The van der Waals surface area contributed by atoms with Crippen LogP contribution in [-0.2, 0) is 19.2 Å². The van der Waals surface area contributed by atoms with E-state index in [0.29, 0.717) is 38.5 Å². The summed E-state index contributed by atoms with van der Waals surface area (Å²) in [7, 11) is 0. The summed E-state index contributed by atoms with van der Waals surface area (Å²) in [6.45, 7) is 0. The Morgan fingerprint density at radius 3 is 1.62 bits per heavy atom. The Labute approximate surface area is 154 Å². The molecule has 2 atom stereocenters. The maximum atomic E-state index is 13.5. The third-order valence-electron chi connectivity index (χ3n) is 6.25. The van der Waals surface area contributed by atoms with Gasteiger partial charge in [0.15, 0.2) is 11.6 Å². The number of rotatable bonds is 4. The van der Waals surface area contributed by atoms with Crippen LogP contribution in [-0.4, -0.2) is 35.5 Å². The third kappa shape index (κ3) is 3.99. The molecule has 144 valence electrons. The Morgan fingerprint density at radius 2 is 1.15 bits per heavy atom. The molecule has 26 heavy (non-hydrogen) atoms. The van der Waals surface area contributed by atoms with Gasteiger partial charge >= 0.3 is 0 Å². The first-order valence-corrected chi connectivity index (χ1v) is 10.2. The van der Waals surface area contributed by atoms with Crippen LogP contribution in [0.1, 0.15) is 83.5 Å². The summed E-state index contributed by atoms with van der Waals surface area (Å²) in [5.41, 5.74) is -1.04. The molecule has 1 aliphatic carbocycles. The van der Waals surface area contributed by atoms with Gasteiger partial charge in [-0.3, -0.25) is 19.2 Å². The molecule has 6 heteroatoms. The summed E-state index contributed by atoms with van der Waals surface area (Å²) >= 11 is 0.